The first-order chi connectivity index (χ1) is 8.53. The molecule has 0 atom stereocenters. The standard InChI is InChI=1S/C12H12FNO3S/c13-12-6-3-10(8-9(12)2-1-7-15)14-18(16,17)11-4-5-11/h3,6,8,11,14-15H,4-5,7H2. The highest BCUT2D eigenvalue weighted by atomic mass is 32.2. The van der Waals surface area contributed by atoms with E-state index in [2.05, 4.69) is 16.6 Å². The summed E-state index contributed by atoms with van der Waals surface area (Å²) < 4.78 is 39.1. The first-order valence-electron chi connectivity index (χ1n) is 5.44. The lowest BCUT2D eigenvalue weighted by molar-refractivity contribution is 0.350. The number of rotatable bonds is 3. The van der Waals surface area contributed by atoms with E-state index in [0.29, 0.717) is 12.8 Å². The Morgan fingerprint density at radius 2 is 2.17 bits per heavy atom. The van der Waals surface area contributed by atoms with Crippen LogP contribution in [0.1, 0.15) is 18.4 Å². The molecule has 0 amide bonds. The number of halogens is 1. The van der Waals surface area contributed by atoms with Crippen molar-refractivity contribution in [2.75, 3.05) is 11.3 Å². The Hall–Kier alpha value is -1.58. The molecule has 0 bridgehead atoms. The minimum absolute atomic E-state index is 0.0556. The monoisotopic (exact) mass is 269 g/mol. The highest BCUT2D eigenvalue weighted by molar-refractivity contribution is 7.93. The molecule has 0 unspecified atom stereocenters. The van der Waals surface area contributed by atoms with E-state index in [1.807, 2.05) is 0 Å². The minimum Gasteiger partial charge on any atom is -0.384 e. The number of aliphatic hydroxyl groups is 1. The first-order valence-corrected chi connectivity index (χ1v) is 6.98. The highest BCUT2D eigenvalue weighted by Gasteiger charge is 2.35. The Balaban J connectivity index is 2.24. The first kappa shape index (κ1) is 12.9. The summed E-state index contributed by atoms with van der Waals surface area (Å²) in [7, 11) is -3.36. The SMILES string of the molecule is O=S(=O)(Nc1ccc(F)c(C#CCO)c1)C1CC1. The third kappa shape index (κ3) is 3.00. The molecule has 1 aliphatic rings. The molecule has 1 fully saturated rings. The summed E-state index contributed by atoms with van der Waals surface area (Å²) in [4.78, 5) is 0. The van der Waals surface area contributed by atoms with Crippen LogP contribution in [0.3, 0.4) is 0 Å². The van der Waals surface area contributed by atoms with E-state index in [1.54, 1.807) is 0 Å². The number of hydrogen-bond donors (Lipinski definition) is 2. The van der Waals surface area contributed by atoms with E-state index in [1.165, 1.54) is 12.1 Å². The molecule has 0 aromatic heterocycles. The molecule has 2 N–H and O–H groups in total. The third-order valence-electron chi connectivity index (χ3n) is 2.49. The molecule has 1 aliphatic carbocycles. The number of hydrogen-bond acceptors (Lipinski definition) is 3. The summed E-state index contributed by atoms with van der Waals surface area (Å²) in [6, 6.07) is 3.81. The van der Waals surface area contributed by atoms with Crippen molar-refractivity contribution in [1.29, 1.82) is 0 Å². The Labute approximate surface area is 105 Å². The van der Waals surface area contributed by atoms with Gasteiger partial charge in [-0.25, -0.2) is 12.8 Å². The molecule has 1 saturated carbocycles. The predicted octanol–water partition coefficient (Wildman–Crippen LogP) is 1.07. The fraction of sp³-hybridized carbons (Fsp3) is 0.333. The summed E-state index contributed by atoms with van der Waals surface area (Å²) in [5.41, 5.74) is 0.339. The average molecular weight is 269 g/mol. The molecule has 96 valence electrons. The topological polar surface area (TPSA) is 66.4 Å². The zero-order valence-corrected chi connectivity index (χ0v) is 10.3. The molecule has 0 heterocycles. The van der Waals surface area contributed by atoms with Crippen molar-refractivity contribution in [3.8, 4) is 11.8 Å². The van der Waals surface area contributed by atoms with Gasteiger partial charge in [-0.3, -0.25) is 4.72 Å². The van der Waals surface area contributed by atoms with Crippen molar-refractivity contribution in [3.05, 3.63) is 29.6 Å². The second-order valence-corrected chi connectivity index (χ2v) is 5.96. The van der Waals surface area contributed by atoms with Crippen molar-refractivity contribution < 1.29 is 17.9 Å². The van der Waals surface area contributed by atoms with E-state index in [9.17, 15) is 12.8 Å². The third-order valence-corrected chi connectivity index (χ3v) is 4.36. The van der Waals surface area contributed by atoms with Crippen LogP contribution in [0.15, 0.2) is 18.2 Å². The number of benzene rings is 1. The molecule has 1 aromatic carbocycles. The van der Waals surface area contributed by atoms with Gasteiger partial charge in [-0.2, -0.15) is 0 Å². The van der Waals surface area contributed by atoms with Gasteiger partial charge >= 0.3 is 0 Å². The van der Waals surface area contributed by atoms with E-state index in [4.69, 9.17) is 5.11 Å². The summed E-state index contributed by atoms with van der Waals surface area (Å²) in [5, 5.41) is 8.21. The van der Waals surface area contributed by atoms with Crippen LogP contribution in [-0.4, -0.2) is 25.4 Å². The Morgan fingerprint density at radius 1 is 1.44 bits per heavy atom. The zero-order valence-electron chi connectivity index (χ0n) is 9.48. The maximum atomic E-state index is 13.3. The van der Waals surface area contributed by atoms with Gasteiger partial charge in [0.1, 0.15) is 12.4 Å². The predicted molar refractivity (Wildman–Crippen MR) is 65.9 cm³/mol. The van der Waals surface area contributed by atoms with Gasteiger partial charge in [0.25, 0.3) is 0 Å². The van der Waals surface area contributed by atoms with Gasteiger partial charge in [-0.05, 0) is 31.0 Å². The fourth-order valence-electron chi connectivity index (χ4n) is 1.45. The average Bonchev–Trinajstić information content (AvgIpc) is 3.13. The van der Waals surface area contributed by atoms with Crippen LogP contribution in [0.4, 0.5) is 10.1 Å². The van der Waals surface area contributed by atoms with Gasteiger partial charge in [0, 0.05) is 5.69 Å². The molecular weight excluding hydrogens is 257 g/mol. The van der Waals surface area contributed by atoms with Crippen molar-refractivity contribution in [2.24, 2.45) is 0 Å². The summed E-state index contributed by atoms with van der Waals surface area (Å²) >= 11 is 0. The maximum absolute atomic E-state index is 13.3. The van der Waals surface area contributed by atoms with E-state index in [-0.39, 0.29) is 23.1 Å². The van der Waals surface area contributed by atoms with Crippen molar-refractivity contribution in [3.63, 3.8) is 0 Å². The minimum atomic E-state index is -3.36. The van der Waals surface area contributed by atoms with Crippen molar-refractivity contribution >= 4 is 15.7 Å². The second-order valence-electron chi connectivity index (χ2n) is 4.00. The van der Waals surface area contributed by atoms with Gasteiger partial charge in [0.15, 0.2) is 0 Å². The molecule has 4 nitrogen and oxygen atoms in total. The Morgan fingerprint density at radius 3 is 2.78 bits per heavy atom. The van der Waals surface area contributed by atoms with Crippen LogP contribution in [0.5, 0.6) is 0 Å². The molecule has 2 rings (SSSR count). The second kappa shape index (κ2) is 4.96. The normalized spacial score (nSPS) is 14.8. The molecule has 1 aromatic rings. The molecule has 0 saturated heterocycles. The lowest BCUT2D eigenvalue weighted by Crippen LogP contribution is -2.17. The zero-order chi connectivity index (χ0) is 13.2. The van der Waals surface area contributed by atoms with Crippen LogP contribution in [0.2, 0.25) is 0 Å². The van der Waals surface area contributed by atoms with Crippen molar-refractivity contribution in [1.82, 2.24) is 0 Å². The van der Waals surface area contributed by atoms with E-state index in [0.717, 1.165) is 6.07 Å². The lowest BCUT2D eigenvalue weighted by Gasteiger charge is -2.07. The van der Waals surface area contributed by atoms with Crippen LogP contribution >= 0.6 is 0 Å². The Kier molecular flexibility index (Phi) is 3.55. The van der Waals surface area contributed by atoms with Gasteiger partial charge < -0.3 is 5.11 Å². The van der Waals surface area contributed by atoms with Crippen molar-refractivity contribution in [2.45, 2.75) is 18.1 Å². The highest BCUT2D eigenvalue weighted by Crippen LogP contribution is 2.29. The molecular formula is C12H12FNO3S. The summed E-state index contributed by atoms with van der Waals surface area (Å²) in [6.07, 6.45) is 1.32. The fourth-order valence-corrected chi connectivity index (χ4v) is 2.82. The van der Waals surface area contributed by atoms with Gasteiger partial charge in [0.2, 0.25) is 10.0 Å². The number of nitrogens with one attached hydrogen (secondary N) is 1. The maximum Gasteiger partial charge on any atom is 0.235 e. The van der Waals surface area contributed by atoms with Crippen LogP contribution in [-0.2, 0) is 10.0 Å². The number of sulfonamides is 1. The summed E-state index contributed by atoms with van der Waals surface area (Å²) in [6.45, 7) is -0.378. The van der Waals surface area contributed by atoms with Crippen LogP contribution in [0.25, 0.3) is 0 Å². The quantitative estimate of drug-likeness (QED) is 0.807. The van der Waals surface area contributed by atoms with Gasteiger partial charge in [-0.15, -0.1) is 0 Å². The molecule has 0 aliphatic heterocycles. The molecule has 18 heavy (non-hydrogen) atoms. The van der Waals surface area contributed by atoms with Gasteiger partial charge in [-0.1, -0.05) is 11.8 Å². The van der Waals surface area contributed by atoms with Crippen LogP contribution < -0.4 is 4.72 Å². The van der Waals surface area contributed by atoms with E-state index < -0.39 is 15.8 Å². The lowest BCUT2D eigenvalue weighted by atomic mass is 10.2. The van der Waals surface area contributed by atoms with Gasteiger partial charge in [0.05, 0.1) is 10.8 Å². The summed E-state index contributed by atoms with van der Waals surface area (Å²) in [5.74, 6) is 4.19. The van der Waals surface area contributed by atoms with E-state index >= 15 is 0 Å². The van der Waals surface area contributed by atoms with Crippen LogP contribution in [0, 0.1) is 17.7 Å². The number of anilines is 1. The molecule has 6 heteroatoms. The number of aliphatic hydroxyl groups excluding tert-OH is 1. The molecule has 0 radical (unpaired) electrons. The Bertz CT molecular complexity index is 612. The largest absolute Gasteiger partial charge is 0.384 e. The smallest absolute Gasteiger partial charge is 0.235 e. The molecule has 0 spiro atoms.